The molecule has 2 saturated carbocycles. The van der Waals surface area contributed by atoms with Crippen molar-refractivity contribution in [3.05, 3.63) is 0 Å². The lowest BCUT2D eigenvalue weighted by molar-refractivity contribution is 0.0478. The average molecular weight is 211 g/mol. The third-order valence-electron chi connectivity index (χ3n) is 3.80. The van der Waals surface area contributed by atoms with Crippen molar-refractivity contribution >= 4 is 0 Å². The van der Waals surface area contributed by atoms with Crippen LogP contribution >= 0.6 is 0 Å². The first-order valence-electron chi connectivity index (χ1n) is 6.61. The van der Waals surface area contributed by atoms with Crippen LogP contribution in [0.25, 0.3) is 0 Å². The molecule has 0 spiro atoms. The lowest BCUT2D eigenvalue weighted by Gasteiger charge is -2.26. The predicted molar refractivity (Wildman–Crippen MR) is 62.9 cm³/mol. The van der Waals surface area contributed by atoms with Gasteiger partial charge in [-0.1, -0.05) is 19.8 Å². The number of nitrogens with one attached hydrogen (secondary N) is 1. The third kappa shape index (κ3) is 3.46. The van der Waals surface area contributed by atoms with Crippen LogP contribution in [0, 0.1) is 11.8 Å². The van der Waals surface area contributed by atoms with Gasteiger partial charge in [0.25, 0.3) is 0 Å². The molecule has 2 aliphatic carbocycles. The van der Waals surface area contributed by atoms with Gasteiger partial charge < -0.3 is 10.1 Å². The van der Waals surface area contributed by atoms with E-state index in [4.69, 9.17) is 4.74 Å². The molecule has 2 heteroatoms. The van der Waals surface area contributed by atoms with Gasteiger partial charge in [-0.05, 0) is 44.1 Å². The summed E-state index contributed by atoms with van der Waals surface area (Å²) in [6, 6.07) is 0.605. The van der Waals surface area contributed by atoms with Crippen LogP contribution in [0.2, 0.25) is 0 Å². The molecular weight excluding hydrogens is 186 g/mol. The first kappa shape index (κ1) is 11.4. The van der Waals surface area contributed by atoms with Gasteiger partial charge >= 0.3 is 0 Å². The van der Waals surface area contributed by atoms with Gasteiger partial charge in [-0.2, -0.15) is 0 Å². The van der Waals surface area contributed by atoms with Crippen LogP contribution in [0.15, 0.2) is 0 Å². The SMILES string of the molecule is CCNC(CCC1CC1)C(OC)C1CC1. The van der Waals surface area contributed by atoms with Crippen molar-refractivity contribution in [2.75, 3.05) is 13.7 Å². The lowest BCUT2D eigenvalue weighted by atomic mass is 9.99. The summed E-state index contributed by atoms with van der Waals surface area (Å²) in [5.74, 6) is 1.89. The maximum Gasteiger partial charge on any atom is 0.0752 e. The highest BCUT2D eigenvalue weighted by atomic mass is 16.5. The molecule has 0 bridgehead atoms. The van der Waals surface area contributed by atoms with Crippen molar-refractivity contribution in [2.24, 2.45) is 11.8 Å². The molecule has 2 atom stereocenters. The number of likely N-dealkylation sites (N-methyl/N-ethyl adjacent to an activating group) is 1. The Labute approximate surface area is 93.8 Å². The van der Waals surface area contributed by atoms with E-state index in [0.29, 0.717) is 12.1 Å². The van der Waals surface area contributed by atoms with E-state index in [0.717, 1.165) is 18.4 Å². The van der Waals surface area contributed by atoms with E-state index in [9.17, 15) is 0 Å². The zero-order chi connectivity index (χ0) is 10.7. The molecule has 0 amide bonds. The van der Waals surface area contributed by atoms with Gasteiger partial charge in [-0.15, -0.1) is 0 Å². The molecule has 0 radical (unpaired) electrons. The van der Waals surface area contributed by atoms with Crippen molar-refractivity contribution in [2.45, 2.75) is 57.6 Å². The zero-order valence-electron chi connectivity index (χ0n) is 10.2. The second-order valence-corrected chi connectivity index (χ2v) is 5.22. The van der Waals surface area contributed by atoms with E-state index in [1.807, 2.05) is 7.11 Å². The van der Waals surface area contributed by atoms with E-state index in [1.54, 1.807) is 0 Å². The second kappa shape index (κ2) is 5.31. The topological polar surface area (TPSA) is 21.3 Å². The molecule has 0 aromatic carbocycles. The molecule has 0 aromatic heterocycles. The predicted octanol–water partition coefficient (Wildman–Crippen LogP) is 2.58. The maximum absolute atomic E-state index is 5.68. The van der Waals surface area contributed by atoms with E-state index < -0.39 is 0 Å². The molecule has 2 aliphatic rings. The van der Waals surface area contributed by atoms with Crippen LogP contribution in [0.3, 0.4) is 0 Å². The van der Waals surface area contributed by atoms with Gasteiger partial charge in [-0.3, -0.25) is 0 Å². The van der Waals surface area contributed by atoms with Crippen LogP contribution in [-0.2, 0) is 4.74 Å². The van der Waals surface area contributed by atoms with E-state index >= 15 is 0 Å². The summed E-state index contributed by atoms with van der Waals surface area (Å²) < 4.78 is 5.68. The fourth-order valence-corrected chi connectivity index (χ4v) is 2.58. The molecule has 0 heterocycles. The minimum Gasteiger partial charge on any atom is -0.380 e. The number of rotatable bonds is 8. The largest absolute Gasteiger partial charge is 0.380 e. The third-order valence-corrected chi connectivity index (χ3v) is 3.80. The summed E-state index contributed by atoms with van der Waals surface area (Å²) in [5.41, 5.74) is 0. The molecule has 2 nitrogen and oxygen atoms in total. The first-order chi connectivity index (χ1) is 7.35. The van der Waals surface area contributed by atoms with Gasteiger partial charge in [0.15, 0.2) is 0 Å². The van der Waals surface area contributed by atoms with Crippen molar-refractivity contribution in [1.29, 1.82) is 0 Å². The Hall–Kier alpha value is -0.0800. The number of hydrogen-bond donors (Lipinski definition) is 1. The summed E-state index contributed by atoms with van der Waals surface area (Å²) in [7, 11) is 1.88. The van der Waals surface area contributed by atoms with Crippen molar-refractivity contribution in [1.82, 2.24) is 5.32 Å². The summed E-state index contributed by atoms with van der Waals surface area (Å²) in [4.78, 5) is 0. The molecule has 0 saturated heterocycles. The molecule has 2 unspecified atom stereocenters. The Balaban J connectivity index is 1.78. The van der Waals surface area contributed by atoms with Crippen molar-refractivity contribution < 1.29 is 4.74 Å². The fourth-order valence-electron chi connectivity index (χ4n) is 2.58. The van der Waals surface area contributed by atoms with Crippen LogP contribution in [0.5, 0.6) is 0 Å². The van der Waals surface area contributed by atoms with Crippen LogP contribution < -0.4 is 5.32 Å². The normalized spacial score (nSPS) is 25.2. The van der Waals surface area contributed by atoms with Gasteiger partial charge in [0, 0.05) is 13.2 Å². The Morgan fingerprint density at radius 3 is 2.47 bits per heavy atom. The van der Waals surface area contributed by atoms with Crippen LogP contribution in [-0.4, -0.2) is 25.8 Å². The Morgan fingerprint density at radius 2 is 2.00 bits per heavy atom. The highest BCUT2D eigenvalue weighted by Crippen LogP contribution is 2.38. The molecule has 2 rings (SSSR count). The van der Waals surface area contributed by atoms with Crippen molar-refractivity contribution in [3.63, 3.8) is 0 Å². The lowest BCUT2D eigenvalue weighted by Crippen LogP contribution is -2.42. The van der Waals surface area contributed by atoms with E-state index in [2.05, 4.69) is 12.2 Å². The van der Waals surface area contributed by atoms with Gasteiger partial charge in [0.2, 0.25) is 0 Å². The van der Waals surface area contributed by atoms with Gasteiger partial charge in [0.1, 0.15) is 0 Å². The van der Waals surface area contributed by atoms with Crippen molar-refractivity contribution in [3.8, 4) is 0 Å². The molecule has 0 aromatic rings. The quantitative estimate of drug-likeness (QED) is 0.666. The fraction of sp³-hybridized carbons (Fsp3) is 1.00. The second-order valence-electron chi connectivity index (χ2n) is 5.22. The molecular formula is C13H25NO. The minimum absolute atomic E-state index is 0.476. The summed E-state index contributed by atoms with van der Waals surface area (Å²) >= 11 is 0. The smallest absolute Gasteiger partial charge is 0.0752 e. The number of ether oxygens (including phenoxy) is 1. The highest BCUT2D eigenvalue weighted by molar-refractivity contribution is 4.91. The monoisotopic (exact) mass is 211 g/mol. The molecule has 15 heavy (non-hydrogen) atoms. The first-order valence-corrected chi connectivity index (χ1v) is 6.61. The number of hydrogen-bond acceptors (Lipinski definition) is 2. The number of methoxy groups -OCH3 is 1. The molecule has 88 valence electrons. The Kier molecular flexibility index (Phi) is 4.04. The Morgan fingerprint density at radius 1 is 1.27 bits per heavy atom. The maximum atomic E-state index is 5.68. The standard InChI is InChI=1S/C13H25NO/c1-3-14-12(9-6-10-4-5-10)13(15-2)11-7-8-11/h10-14H,3-9H2,1-2H3. The van der Waals surface area contributed by atoms with Gasteiger partial charge in [-0.25, -0.2) is 0 Å². The Bertz CT molecular complexity index is 187. The molecule has 0 aliphatic heterocycles. The average Bonchev–Trinajstić information content (AvgIpc) is 3.08. The highest BCUT2D eigenvalue weighted by Gasteiger charge is 2.36. The summed E-state index contributed by atoms with van der Waals surface area (Å²) in [5, 5.41) is 3.61. The van der Waals surface area contributed by atoms with Gasteiger partial charge in [0.05, 0.1) is 6.10 Å². The summed E-state index contributed by atoms with van der Waals surface area (Å²) in [6.07, 6.45) is 8.90. The van der Waals surface area contributed by atoms with Crippen LogP contribution in [0.1, 0.15) is 45.4 Å². The molecule has 2 fully saturated rings. The molecule has 1 N–H and O–H groups in total. The minimum atomic E-state index is 0.476. The van der Waals surface area contributed by atoms with Crippen LogP contribution in [0.4, 0.5) is 0 Å². The zero-order valence-corrected chi connectivity index (χ0v) is 10.2. The van der Waals surface area contributed by atoms with E-state index in [1.165, 1.54) is 38.5 Å². The summed E-state index contributed by atoms with van der Waals surface area (Å²) in [6.45, 7) is 3.27. The van der Waals surface area contributed by atoms with E-state index in [-0.39, 0.29) is 0 Å².